The number of hydrogen-bond donors (Lipinski definition) is 3. The Morgan fingerprint density at radius 3 is 2.74 bits per heavy atom. The third kappa shape index (κ3) is 12.5. The molecule has 0 radical (unpaired) electrons. The van der Waals surface area contributed by atoms with Crippen molar-refractivity contribution in [3.63, 3.8) is 0 Å². The fourth-order valence-corrected chi connectivity index (χ4v) is 1.08. The highest BCUT2D eigenvalue weighted by atomic mass is 35.5. The average molecular weight is 296 g/mol. The summed E-state index contributed by atoms with van der Waals surface area (Å²) in [4.78, 5) is 23.9. The highest BCUT2D eigenvalue weighted by molar-refractivity contribution is 5.85. The predicted molar refractivity (Wildman–Crippen MR) is 70.1 cm³/mol. The monoisotopic (exact) mass is 295 g/mol. The molecule has 0 saturated carbocycles. The van der Waals surface area contributed by atoms with Crippen LogP contribution in [0.25, 0.3) is 10.4 Å². The zero-order valence-electron chi connectivity index (χ0n) is 10.3. The van der Waals surface area contributed by atoms with Gasteiger partial charge in [0.2, 0.25) is 0 Å². The number of aliphatic carboxylic acids is 1. The molecule has 10 heteroatoms. The van der Waals surface area contributed by atoms with E-state index in [-0.39, 0.29) is 25.6 Å². The third-order valence-corrected chi connectivity index (χ3v) is 2.02. The summed E-state index contributed by atoms with van der Waals surface area (Å²) in [5.41, 5.74) is 13.3. The van der Waals surface area contributed by atoms with Gasteiger partial charge >= 0.3 is 12.1 Å². The van der Waals surface area contributed by atoms with Crippen LogP contribution in [0, 0.1) is 0 Å². The molecule has 0 heterocycles. The number of hydrogen-bond acceptors (Lipinski definition) is 5. The van der Waals surface area contributed by atoms with Crippen LogP contribution in [-0.4, -0.2) is 42.9 Å². The molecule has 0 unspecified atom stereocenters. The number of nitrogens with two attached hydrogens (primary N) is 1. The quantitative estimate of drug-likeness (QED) is 0.251. The van der Waals surface area contributed by atoms with E-state index >= 15 is 0 Å². The van der Waals surface area contributed by atoms with Crippen molar-refractivity contribution in [1.82, 2.24) is 5.32 Å². The number of nitrogens with zero attached hydrogens (tertiary/aromatic N) is 3. The van der Waals surface area contributed by atoms with Crippen molar-refractivity contribution in [1.29, 1.82) is 0 Å². The van der Waals surface area contributed by atoms with Gasteiger partial charge < -0.3 is 20.9 Å². The number of carboxylic acids is 1. The summed E-state index contributed by atoms with van der Waals surface area (Å²) >= 11 is 0. The second-order valence-electron chi connectivity index (χ2n) is 3.46. The third-order valence-electron chi connectivity index (χ3n) is 2.02. The minimum Gasteiger partial charge on any atom is -0.480 e. The molecule has 110 valence electrons. The van der Waals surface area contributed by atoms with Gasteiger partial charge in [-0.25, -0.2) is 4.79 Å². The van der Waals surface area contributed by atoms with E-state index in [0.717, 1.165) is 0 Å². The van der Waals surface area contributed by atoms with Crippen molar-refractivity contribution in [3.8, 4) is 0 Å². The lowest BCUT2D eigenvalue weighted by Crippen LogP contribution is -2.30. The van der Waals surface area contributed by atoms with Crippen molar-refractivity contribution < 1.29 is 19.4 Å². The minimum absolute atomic E-state index is 0. The molecular formula is C9H18ClN5O4. The van der Waals surface area contributed by atoms with Crippen LogP contribution < -0.4 is 11.1 Å². The Hall–Kier alpha value is -1.70. The highest BCUT2D eigenvalue weighted by Crippen LogP contribution is 1.98. The van der Waals surface area contributed by atoms with E-state index in [1.54, 1.807) is 0 Å². The van der Waals surface area contributed by atoms with Crippen molar-refractivity contribution in [3.05, 3.63) is 10.4 Å². The van der Waals surface area contributed by atoms with E-state index < -0.39 is 18.1 Å². The lowest BCUT2D eigenvalue weighted by Gasteiger charge is -2.07. The molecule has 0 fully saturated rings. The Kier molecular flexibility index (Phi) is 13.2. The van der Waals surface area contributed by atoms with Gasteiger partial charge in [-0.2, -0.15) is 0 Å². The first-order valence-corrected chi connectivity index (χ1v) is 5.47. The van der Waals surface area contributed by atoms with Crippen molar-refractivity contribution >= 4 is 24.5 Å². The van der Waals surface area contributed by atoms with E-state index in [9.17, 15) is 9.59 Å². The number of carbonyl (C=O) groups excluding carboxylic acids is 1. The number of unbranched alkanes of at least 4 members (excludes halogenated alkanes) is 1. The Labute approximate surface area is 116 Å². The number of halogens is 1. The Morgan fingerprint density at radius 1 is 1.47 bits per heavy atom. The van der Waals surface area contributed by atoms with Crippen LogP contribution in [0.3, 0.4) is 0 Å². The Bertz CT molecular complexity index is 322. The van der Waals surface area contributed by atoms with Gasteiger partial charge in [-0.1, -0.05) is 5.11 Å². The molecule has 19 heavy (non-hydrogen) atoms. The van der Waals surface area contributed by atoms with Crippen LogP contribution in [0.2, 0.25) is 0 Å². The molecule has 0 bridgehead atoms. The van der Waals surface area contributed by atoms with Crippen LogP contribution in [0.5, 0.6) is 0 Å². The summed E-state index contributed by atoms with van der Waals surface area (Å²) in [5, 5.41) is 14.2. The van der Waals surface area contributed by atoms with Crippen molar-refractivity contribution in [2.24, 2.45) is 10.8 Å². The molecule has 0 rings (SSSR count). The van der Waals surface area contributed by atoms with Gasteiger partial charge in [-0.15, -0.1) is 12.4 Å². The molecule has 0 aliphatic heterocycles. The fraction of sp³-hybridized carbons (Fsp3) is 0.778. The summed E-state index contributed by atoms with van der Waals surface area (Å²) in [7, 11) is 0. The zero-order valence-corrected chi connectivity index (χ0v) is 11.1. The molecule has 1 amide bonds. The highest BCUT2D eigenvalue weighted by Gasteiger charge is 2.10. The van der Waals surface area contributed by atoms with Crippen molar-refractivity contribution in [2.75, 3.05) is 19.7 Å². The molecule has 0 aliphatic rings. The summed E-state index contributed by atoms with van der Waals surface area (Å²) in [6, 6.07) is -0.860. The lowest BCUT2D eigenvalue weighted by molar-refractivity contribution is -0.138. The molecule has 0 aromatic heterocycles. The summed E-state index contributed by atoms with van der Waals surface area (Å²) in [6.07, 6.45) is 0.993. The average Bonchev–Trinajstić information content (AvgIpc) is 2.33. The number of rotatable bonds is 9. The van der Waals surface area contributed by atoms with Gasteiger partial charge in [-0.05, 0) is 24.8 Å². The molecule has 4 N–H and O–H groups in total. The molecule has 1 atom stereocenters. The van der Waals surface area contributed by atoms with Crippen LogP contribution in [0.15, 0.2) is 5.11 Å². The number of azide groups is 1. The fourth-order valence-electron chi connectivity index (χ4n) is 1.08. The number of ether oxygens (including phenoxy) is 1. The van der Waals surface area contributed by atoms with Gasteiger partial charge in [-0.3, -0.25) is 4.79 Å². The molecule has 9 nitrogen and oxygen atoms in total. The molecule has 0 aliphatic carbocycles. The smallest absolute Gasteiger partial charge is 0.407 e. The van der Waals surface area contributed by atoms with E-state index in [0.29, 0.717) is 25.8 Å². The van der Waals surface area contributed by atoms with Gasteiger partial charge in [0.15, 0.2) is 0 Å². The maximum atomic E-state index is 11.0. The molecule has 0 saturated heterocycles. The summed E-state index contributed by atoms with van der Waals surface area (Å²) in [6.45, 7) is 0.504. The van der Waals surface area contributed by atoms with E-state index in [2.05, 4.69) is 20.1 Å². The van der Waals surface area contributed by atoms with Gasteiger partial charge in [0.05, 0.1) is 13.2 Å². The predicted octanol–water partition coefficient (Wildman–Crippen LogP) is 1.03. The van der Waals surface area contributed by atoms with Gasteiger partial charge in [0.1, 0.15) is 6.04 Å². The van der Waals surface area contributed by atoms with Crippen LogP contribution in [0.1, 0.15) is 19.3 Å². The van der Waals surface area contributed by atoms with Gasteiger partial charge in [0, 0.05) is 11.5 Å². The van der Waals surface area contributed by atoms with E-state index in [4.69, 9.17) is 16.4 Å². The number of carboxylic acid groups (broad SMARTS) is 1. The Morgan fingerprint density at radius 2 is 2.16 bits per heavy atom. The second-order valence-corrected chi connectivity index (χ2v) is 3.46. The van der Waals surface area contributed by atoms with Gasteiger partial charge in [0.25, 0.3) is 0 Å². The maximum absolute atomic E-state index is 11.0. The van der Waals surface area contributed by atoms with E-state index in [1.165, 1.54) is 0 Å². The number of carbonyl (C=O) groups is 2. The number of alkyl carbamates (subject to hydrolysis) is 1. The number of amides is 1. The first-order chi connectivity index (χ1) is 8.57. The standard InChI is InChI=1S/C9H17N5O4.ClH/c10-7(8(15)16)3-1-2-4-12-9(17)18-6-5-13-14-11;/h7H,1-6,10H2,(H,12,17)(H,15,16);1H/t7-;/m0./s1. The lowest BCUT2D eigenvalue weighted by atomic mass is 10.1. The first-order valence-electron chi connectivity index (χ1n) is 5.47. The molecular weight excluding hydrogens is 278 g/mol. The maximum Gasteiger partial charge on any atom is 0.407 e. The largest absolute Gasteiger partial charge is 0.480 e. The van der Waals surface area contributed by atoms with Crippen LogP contribution >= 0.6 is 12.4 Å². The minimum atomic E-state index is -1.03. The Balaban J connectivity index is 0. The molecule has 0 aromatic carbocycles. The normalized spacial score (nSPS) is 10.6. The SMILES string of the molecule is Cl.[N-]=[N+]=NCCOC(=O)NCCCC[C@H](N)C(=O)O. The molecule has 0 spiro atoms. The van der Waals surface area contributed by atoms with E-state index in [1.807, 2.05) is 0 Å². The van der Waals surface area contributed by atoms with Crippen LogP contribution in [-0.2, 0) is 9.53 Å². The van der Waals surface area contributed by atoms with Crippen LogP contribution in [0.4, 0.5) is 4.79 Å². The molecule has 0 aromatic rings. The zero-order chi connectivity index (χ0) is 13.8. The summed E-state index contributed by atoms with van der Waals surface area (Å²) in [5.74, 6) is -1.03. The second kappa shape index (κ2) is 12.7. The first kappa shape index (κ1) is 19.6. The summed E-state index contributed by atoms with van der Waals surface area (Å²) < 4.78 is 4.68. The van der Waals surface area contributed by atoms with Crippen molar-refractivity contribution in [2.45, 2.75) is 25.3 Å². The number of nitrogens with one attached hydrogen (secondary N) is 1. The topological polar surface area (TPSA) is 150 Å².